The Morgan fingerprint density at radius 1 is 0.911 bits per heavy atom. The summed E-state index contributed by atoms with van der Waals surface area (Å²) in [6.45, 7) is 0.353. The SMILES string of the molecule is COc1cc(C2c3c(c4ccccc4oc3=O)Oc3ncn4nc(-c5ccc(F)cc5)nc4c32)ccc1OCc1ccccc1. The Balaban J connectivity index is 1.32. The van der Waals surface area contributed by atoms with Crippen LogP contribution in [0.3, 0.4) is 0 Å². The van der Waals surface area contributed by atoms with Crippen LogP contribution in [0.15, 0.2) is 113 Å². The molecule has 3 aromatic heterocycles. The van der Waals surface area contributed by atoms with Crippen molar-refractivity contribution in [2.45, 2.75) is 12.5 Å². The van der Waals surface area contributed by atoms with Crippen LogP contribution in [-0.4, -0.2) is 26.7 Å². The number of methoxy groups -OCH3 is 1. The molecule has 0 saturated heterocycles. The maximum absolute atomic E-state index is 13.7. The normalized spacial score (nSPS) is 13.7. The molecule has 0 bridgehead atoms. The first kappa shape index (κ1) is 26.6. The van der Waals surface area contributed by atoms with Gasteiger partial charge in [-0.2, -0.15) is 0 Å². The molecular weight excluding hydrogens is 575 g/mol. The second-order valence-electron chi connectivity index (χ2n) is 10.5. The molecule has 0 radical (unpaired) electrons. The highest BCUT2D eigenvalue weighted by Gasteiger charge is 2.38. The molecule has 8 rings (SSSR count). The van der Waals surface area contributed by atoms with Crippen molar-refractivity contribution >= 4 is 16.6 Å². The summed E-state index contributed by atoms with van der Waals surface area (Å²) in [4.78, 5) is 23.1. The molecule has 0 saturated carbocycles. The van der Waals surface area contributed by atoms with E-state index in [1.165, 1.54) is 23.0 Å². The van der Waals surface area contributed by atoms with E-state index in [1.54, 1.807) is 31.4 Å². The Hall–Kier alpha value is -6.03. The Labute approximate surface area is 255 Å². The minimum Gasteiger partial charge on any atom is -0.493 e. The molecule has 45 heavy (non-hydrogen) atoms. The van der Waals surface area contributed by atoms with Crippen molar-refractivity contribution in [1.29, 1.82) is 0 Å². The second kappa shape index (κ2) is 10.6. The Kier molecular flexibility index (Phi) is 6.26. The third-order valence-corrected chi connectivity index (χ3v) is 7.82. The molecule has 1 atom stereocenters. The van der Waals surface area contributed by atoms with Crippen LogP contribution < -0.4 is 19.8 Å². The summed E-state index contributed by atoms with van der Waals surface area (Å²) in [7, 11) is 1.56. The summed E-state index contributed by atoms with van der Waals surface area (Å²) < 4.78 is 39.2. The van der Waals surface area contributed by atoms with E-state index < -0.39 is 11.5 Å². The number of ether oxygens (including phenoxy) is 3. The molecule has 0 N–H and O–H groups in total. The molecular formula is C35H23FN4O5. The van der Waals surface area contributed by atoms with Gasteiger partial charge < -0.3 is 18.6 Å². The lowest BCUT2D eigenvalue weighted by molar-refractivity contribution is 0.284. The van der Waals surface area contributed by atoms with E-state index in [4.69, 9.17) is 23.6 Å². The summed E-state index contributed by atoms with van der Waals surface area (Å²) in [5, 5.41) is 5.23. The van der Waals surface area contributed by atoms with Gasteiger partial charge in [0.15, 0.2) is 28.7 Å². The van der Waals surface area contributed by atoms with Crippen molar-refractivity contribution in [3.63, 3.8) is 0 Å². The van der Waals surface area contributed by atoms with Gasteiger partial charge in [0.05, 0.1) is 29.5 Å². The fraction of sp³-hybridized carbons (Fsp3) is 0.0857. The van der Waals surface area contributed by atoms with Crippen LogP contribution in [0, 0.1) is 5.82 Å². The Bertz CT molecular complexity index is 2280. The van der Waals surface area contributed by atoms with Gasteiger partial charge in [0.1, 0.15) is 24.3 Å². The lowest BCUT2D eigenvalue weighted by atomic mass is 9.84. The van der Waals surface area contributed by atoms with E-state index in [9.17, 15) is 9.18 Å². The molecule has 220 valence electrons. The molecule has 1 aliphatic heterocycles. The number of aromatic nitrogens is 4. The highest BCUT2D eigenvalue weighted by atomic mass is 19.1. The van der Waals surface area contributed by atoms with Gasteiger partial charge in [-0.05, 0) is 59.7 Å². The molecule has 9 nitrogen and oxygen atoms in total. The van der Waals surface area contributed by atoms with Gasteiger partial charge in [0.2, 0.25) is 5.88 Å². The summed E-state index contributed by atoms with van der Waals surface area (Å²) in [6.07, 6.45) is 1.50. The number of halogens is 1. The standard InChI is InChI=1S/C35H23FN4O5/c1-42-27-17-22(13-16-26(27)43-18-20-7-3-2-4-8-20)28-29-31(24-9-5-6-10-25(24)44-35(29)41)45-34-30(28)33-38-32(39-40(33)19-37-34)21-11-14-23(36)15-12-21/h2-17,19,28H,18H2,1H3. The number of para-hydroxylation sites is 1. The molecule has 0 spiro atoms. The zero-order valence-electron chi connectivity index (χ0n) is 23.8. The van der Waals surface area contributed by atoms with Crippen LogP contribution in [0.4, 0.5) is 4.39 Å². The lowest BCUT2D eigenvalue weighted by Gasteiger charge is -2.27. The number of hydrogen-bond donors (Lipinski definition) is 0. The monoisotopic (exact) mass is 598 g/mol. The zero-order valence-corrected chi connectivity index (χ0v) is 23.8. The van der Waals surface area contributed by atoms with Gasteiger partial charge in [-0.1, -0.05) is 48.5 Å². The van der Waals surface area contributed by atoms with Crippen LogP contribution in [0.25, 0.3) is 28.0 Å². The van der Waals surface area contributed by atoms with Gasteiger partial charge >= 0.3 is 5.63 Å². The highest BCUT2D eigenvalue weighted by molar-refractivity contribution is 5.87. The third kappa shape index (κ3) is 4.54. The van der Waals surface area contributed by atoms with Crippen molar-refractivity contribution in [3.8, 4) is 34.5 Å². The molecule has 1 unspecified atom stereocenters. The van der Waals surface area contributed by atoms with Crippen LogP contribution in [0.5, 0.6) is 23.1 Å². The van der Waals surface area contributed by atoms with Gasteiger partial charge in [-0.3, -0.25) is 0 Å². The average molecular weight is 599 g/mol. The minimum absolute atomic E-state index is 0.275. The van der Waals surface area contributed by atoms with Crippen LogP contribution in [0.1, 0.15) is 28.2 Å². The van der Waals surface area contributed by atoms with Gasteiger partial charge in [-0.15, -0.1) is 5.10 Å². The maximum Gasteiger partial charge on any atom is 0.344 e. The molecule has 4 heterocycles. The van der Waals surface area contributed by atoms with E-state index >= 15 is 0 Å². The highest BCUT2D eigenvalue weighted by Crippen LogP contribution is 2.49. The molecule has 7 aromatic rings. The van der Waals surface area contributed by atoms with Gasteiger partial charge in [0.25, 0.3) is 0 Å². The summed E-state index contributed by atoms with van der Waals surface area (Å²) in [6, 6.07) is 28.5. The lowest BCUT2D eigenvalue weighted by Crippen LogP contribution is -2.22. The van der Waals surface area contributed by atoms with Crippen molar-refractivity contribution < 1.29 is 23.0 Å². The van der Waals surface area contributed by atoms with E-state index in [1.807, 2.05) is 60.7 Å². The molecule has 10 heteroatoms. The molecule has 0 aliphatic carbocycles. The average Bonchev–Trinajstić information content (AvgIpc) is 3.52. The number of fused-ring (bicyclic) bond motifs is 6. The molecule has 1 aliphatic rings. The quantitative estimate of drug-likeness (QED) is 0.190. The van der Waals surface area contributed by atoms with E-state index in [-0.39, 0.29) is 11.7 Å². The maximum atomic E-state index is 13.7. The second-order valence-corrected chi connectivity index (χ2v) is 10.5. The third-order valence-electron chi connectivity index (χ3n) is 7.82. The van der Waals surface area contributed by atoms with E-state index in [2.05, 4.69) is 10.1 Å². The first-order valence-corrected chi connectivity index (χ1v) is 14.2. The summed E-state index contributed by atoms with van der Waals surface area (Å²) in [5.41, 5.74) is 3.42. The fourth-order valence-corrected chi connectivity index (χ4v) is 5.70. The topological polar surface area (TPSA) is 101 Å². The molecule has 0 amide bonds. The summed E-state index contributed by atoms with van der Waals surface area (Å²) in [5.74, 6) is 0.938. The van der Waals surface area contributed by atoms with Crippen molar-refractivity contribution in [2.75, 3.05) is 7.11 Å². The van der Waals surface area contributed by atoms with Crippen molar-refractivity contribution in [1.82, 2.24) is 19.6 Å². The number of nitrogens with zero attached hydrogens (tertiary/aromatic N) is 4. The minimum atomic E-state index is -0.719. The van der Waals surface area contributed by atoms with E-state index in [0.29, 0.717) is 68.6 Å². The molecule has 0 fully saturated rings. The van der Waals surface area contributed by atoms with Crippen LogP contribution >= 0.6 is 0 Å². The Morgan fingerprint density at radius 2 is 1.71 bits per heavy atom. The van der Waals surface area contributed by atoms with Crippen LogP contribution in [0.2, 0.25) is 0 Å². The predicted molar refractivity (Wildman–Crippen MR) is 163 cm³/mol. The van der Waals surface area contributed by atoms with Gasteiger partial charge in [0, 0.05) is 5.56 Å². The van der Waals surface area contributed by atoms with Crippen LogP contribution in [-0.2, 0) is 6.61 Å². The fourth-order valence-electron chi connectivity index (χ4n) is 5.70. The van der Waals surface area contributed by atoms with Crippen molar-refractivity contribution in [3.05, 3.63) is 142 Å². The molecule has 4 aromatic carbocycles. The zero-order chi connectivity index (χ0) is 30.5. The van der Waals surface area contributed by atoms with Gasteiger partial charge in [-0.25, -0.2) is 23.7 Å². The number of rotatable bonds is 6. The Morgan fingerprint density at radius 3 is 2.53 bits per heavy atom. The van der Waals surface area contributed by atoms with E-state index in [0.717, 1.165) is 5.56 Å². The largest absolute Gasteiger partial charge is 0.493 e. The summed E-state index contributed by atoms with van der Waals surface area (Å²) >= 11 is 0. The number of hydrogen-bond acceptors (Lipinski definition) is 8. The predicted octanol–water partition coefficient (Wildman–Crippen LogP) is 6.91. The smallest absolute Gasteiger partial charge is 0.344 e. The van der Waals surface area contributed by atoms with Crippen molar-refractivity contribution in [2.24, 2.45) is 0 Å². The number of benzene rings is 4. The first-order chi connectivity index (χ1) is 22.1. The first-order valence-electron chi connectivity index (χ1n) is 14.2.